The number of nitrogens with zero attached hydrogens (tertiary/aromatic N) is 4. The first-order chi connectivity index (χ1) is 12.3. The van der Waals surface area contributed by atoms with Gasteiger partial charge < -0.3 is 9.74 Å². The van der Waals surface area contributed by atoms with E-state index in [4.69, 9.17) is 4.84 Å². The van der Waals surface area contributed by atoms with Crippen LogP contribution >= 0.6 is 0 Å². The van der Waals surface area contributed by atoms with Gasteiger partial charge in [-0.25, -0.2) is 4.98 Å². The molecule has 3 aromatic rings. The van der Waals surface area contributed by atoms with E-state index < -0.39 is 0 Å². The molecule has 0 atom stereocenters. The summed E-state index contributed by atoms with van der Waals surface area (Å²) in [6.45, 7) is 2.30. The molecule has 25 heavy (non-hydrogen) atoms. The maximum atomic E-state index is 4.74. The predicted octanol–water partition coefficient (Wildman–Crippen LogP) is 4.00. The van der Waals surface area contributed by atoms with Crippen LogP contribution in [0.25, 0.3) is 16.7 Å². The first kappa shape index (κ1) is 15.7. The summed E-state index contributed by atoms with van der Waals surface area (Å²) in [7, 11) is 1.54. The van der Waals surface area contributed by atoms with Gasteiger partial charge in [0.1, 0.15) is 13.4 Å². The molecule has 0 N–H and O–H groups in total. The number of piperidine rings is 1. The zero-order valence-electron chi connectivity index (χ0n) is 14.4. The van der Waals surface area contributed by atoms with Gasteiger partial charge in [0.25, 0.3) is 0 Å². The summed E-state index contributed by atoms with van der Waals surface area (Å²) in [5.41, 5.74) is 5.45. The summed E-state index contributed by atoms with van der Waals surface area (Å²) in [4.78, 5) is 11.8. The second-order valence-electron chi connectivity index (χ2n) is 6.35. The third-order valence-corrected chi connectivity index (χ3v) is 4.71. The van der Waals surface area contributed by atoms with Crippen molar-refractivity contribution in [3.05, 3.63) is 54.4 Å². The average Bonchev–Trinajstić information content (AvgIpc) is 3.10. The van der Waals surface area contributed by atoms with Crippen LogP contribution in [0.3, 0.4) is 0 Å². The Bertz CT molecular complexity index is 894. The lowest BCUT2D eigenvalue weighted by Crippen LogP contribution is -2.29. The monoisotopic (exact) mass is 334 g/mol. The van der Waals surface area contributed by atoms with Crippen LogP contribution in [0.15, 0.2) is 53.9 Å². The third kappa shape index (κ3) is 3.22. The lowest BCUT2D eigenvalue weighted by atomic mass is 10.1. The van der Waals surface area contributed by atoms with E-state index in [1.807, 2.05) is 18.5 Å². The van der Waals surface area contributed by atoms with E-state index in [-0.39, 0.29) is 0 Å². The van der Waals surface area contributed by atoms with Gasteiger partial charge in [-0.3, -0.25) is 4.57 Å². The van der Waals surface area contributed by atoms with Crippen LogP contribution in [0.5, 0.6) is 0 Å². The molecule has 0 unspecified atom stereocenters. The standard InChI is InChI=1S/C20H22N4O/c1-25-22-14-16-8-9-20-19(12-16)21-15-24(20)18-7-5-6-17(13-18)23-10-3-2-4-11-23/h5-9,12-15H,2-4,10-11H2,1H3. The van der Waals surface area contributed by atoms with Crippen molar-refractivity contribution in [1.82, 2.24) is 9.55 Å². The van der Waals surface area contributed by atoms with Crippen molar-refractivity contribution < 1.29 is 4.84 Å². The van der Waals surface area contributed by atoms with Crippen LogP contribution in [0, 0.1) is 0 Å². The molecule has 0 amide bonds. The zero-order valence-corrected chi connectivity index (χ0v) is 14.4. The Morgan fingerprint density at radius 3 is 2.72 bits per heavy atom. The zero-order chi connectivity index (χ0) is 17.1. The summed E-state index contributed by atoms with van der Waals surface area (Å²) in [6.07, 6.45) is 7.48. The van der Waals surface area contributed by atoms with Gasteiger partial charge in [-0.1, -0.05) is 17.3 Å². The number of anilines is 1. The van der Waals surface area contributed by atoms with Gasteiger partial charge in [0.05, 0.1) is 17.2 Å². The Labute approximate surface area is 147 Å². The van der Waals surface area contributed by atoms with Crippen molar-refractivity contribution >= 4 is 22.9 Å². The highest BCUT2D eigenvalue weighted by atomic mass is 16.6. The molecular weight excluding hydrogens is 312 g/mol. The minimum atomic E-state index is 0.948. The minimum Gasteiger partial charge on any atom is -0.399 e. The molecule has 0 bridgehead atoms. The number of imidazole rings is 1. The van der Waals surface area contributed by atoms with Crippen LogP contribution in [0.1, 0.15) is 24.8 Å². The molecule has 0 saturated carbocycles. The normalized spacial score (nSPS) is 15.2. The highest BCUT2D eigenvalue weighted by Crippen LogP contribution is 2.25. The van der Waals surface area contributed by atoms with Crippen molar-refractivity contribution in [3.8, 4) is 5.69 Å². The number of fused-ring (bicyclic) bond motifs is 1. The van der Waals surface area contributed by atoms with Crippen LogP contribution in [-0.4, -0.2) is 36.0 Å². The summed E-state index contributed by atoms with van der Waals surface area (Å²) in [5, 5.41) is 3.81. The van der Waals surface area contributed by atoms with Gasteiger partial charge in [-0.15, -0.1) is 0 Å². The van der Waals surface area contributed by atoms with E-state index in [1.54, 1.807) is 13.3 Å². The van der Waals surface area contributed by atoms with Gasteiger partial charge in [-0.2, -0.15) is 0 Å². The van der Waals surface area contributed by atoms with E-state index in [2.05, 4.69) is 49.9 Å². The fourth-order valence-electron chi connectivity index (χ4n) is 3.42. The first-order valence-electron chi connectivity index (χ1n) is 8.74. The second kappa shape index (κ2) is 6.97. The predicted molar refractivity (Wildman–Crippen MR) is 102 cm³/mol. The summed E-state index contributed by atoms with van der Waals surface area (Å²) in [5.74, 6) is 0. The molecular formula is C20H22N4O. The van der Waals surface area contributed by atoms with Crippen LogP contribution < -0.4 is 4.90 Å². The fraction of sp³-hybridized carbons (Fsp3) is 0.300. The average molecular weight is 334 g/mol. The Kier molecular flexibility index (Phi) is 4.37. The minimum absolute atomic E-state index is 0.948. The number of rotatable bonds is 4. The molecule has 2 aromatic carbocycles. The molecule has 0 radical (unpaired) electrons. The highest BCUT2D eigenvalue weighted by Gasteiger charge is 2.12. The number of oxime groups is 1. The summed E-state index contributed by atoms with van der Waals surface area (Å²) >= 11 is 0. The highest BCUT2D eigenvalue weighted by molar-refractivity contribution is 5.87. The molecule has 1 saturated heterocycles. The lowest BCUT2D eigenvalue weighted by molar-refractivity contribution is 0.215. The Morgan fingerprint density at radius 1 is 1.04 bits per heavy atom. The van der Waals surface area contributed by atoms with Crippen molar-refractivity contribution in [1.29, 1.82) is 0 Å². The molecule has 5 nitrogen and oxygen atoms in total. The van der Waals surface area contributed by atoms with E-state index >= 15 is 0 Å². The van der Waals surface area contributed by atoms with Gasteiger partial charge in [0.2, 0.25) is 0 Å². The van der Waals surface area contributed by atoms with Crippen LogP contribution in [-0.2, 0) is 4.84 Å². The van der Waals surface area contributed by atoms with Gasteiger partial charge >= 0.3 is 0 Å². The fourth-order valence-corrected chi connectivity index (χ4v) is 3.42. The molecule has 5 heteroatoms. The molecule has 128 valence electrons. The molecule has 0 aliphatic carbocycles. The van der Waals surface area contributed by atoms with Crippen LogP contribution in [0.4, 0.5) is 5.69 Å². The largest absolute Gasteiger partial charge is 0.399 e. The quantitative estimate of drug-likeness (QED) is 0.535. The number of aromatic nitrogens is 2. The lowest BCUT2D eigenvalue weighted by Gasteiger charge is -2.29. The van der Waals surface area contributed by atoms with E-state index in [0.29, 0.717) is 0 Å². The van der Waals surface area contributed by atoms with Crippen molar-refractivity contribution in [2.45, 2.75) is 19.3 Å². The molecule has 1 aliphatic heterocycles. The van der Waals surface area contributed by atoms with E-state index in [1.165, 1.54) is 24.9 Å². The molecule has 2 heterocycles. The molecule has 0 spiro atoms. The third-order valence-electron chi connectivity index (χ3n) is 4.71. The van der Waals surface area contributed by atoms with Gasteiger partial charge in [0, 0.05) is 24.5 Å². The number of benzene rings is 2. The summed E-state index contributed by atoms with van der Waals surface area (Å²) in [6, 6.07) is 14.8. The first-order valence-corrected chi connectivity index (χ1v) is 8.74. The van der Waals surface area contributed by atoms with Gasteiger partial charge in [-0.05, 0) is 55.2 Å². The van der Waals surface area contributed by atoms with Crippen molar-refractivity contribution in [2.24, 2.45) is 5.16 Å². The summed E-state index contributed by atoms with van der Waals surface area (Å²) < 4.78 is 2.14. The molecule has 4 rings (SSSR count). The Morgan fingerprint density at radius 2 is 1.88 bits per heavy atom. The Hall–Kier alpha value is -2.82. The maximum absolute atomic E-state index is 4.74. The van der Waals surface area contributed by atoms with E-state index in [9.17, 15) is 0 Å². The Balaban J connectivity index is 1.68. The molecule has 1 aromatic heterocycles. The van der Waals surface area contributed by atoms with Crippen LogP contribution in [0.2, 0.25) is 0 Å². The number of hydrogen-bond acceptors (Lipinski definition) is 4. The maximum Gasteiger partial charge on any atom is 0.106 e. The molecule has 1 fully saturated rings. The van der Waals surface area contributed by atoms with Crippen molar-refractivity contribution in [2.75, 3.05) is 25.1 Å². The number of hydrogen-bond donors (Lipinski definition) is 0. The topological polar surface area (TPSA) is 42.7 Å². The smallest absolute Gasteiger partial charge is 0.106 e. The van der Waals surface area contributed by atoms with Crippen molar-refractivity contribution in [3.63, 3.8) is 0 Å². The van der Waals surface area contributed by atoms with Gasteiger partial charge in [0.15, 0.2) is 0 Å². The molecule has 1 aliphatic rings. The SMILES string of the molecule is CON=Cc1ccc2c(c1)ncn2-c1cccc(N2CCCCC2)c1. The second-order valence-corrected chi connectivity index (χ2v) is 6.35. The van der Waals surface area contributed by atoms with E-state index in [0.717, 1.165) is 35.4 Å².